The molecule has 1 N–H and O–H groups in total. The molecule has 8 rings (SSSR count). The highest BCUT2D eigenvalue weighted by molar-refractivity contribution is 7.80. The maximum Gasteiger partial charge on any atom is 0.223 e. The Hall–Kier alpha value is -2.80. The van der Waals surface area contributed by atoms with Gasteiger partial charge in [-0.3, -0.25) is 4.79 Å². The Morgan fingerprint density at radius 2 is 2.00 bits per heavy atom. The molecule has 0 unspecified atom stereocenters. The topological polar surface area (TPSA) is 56.7 Å². The summed E-state index contributed by atoms with van der Waals surface area (Å²) in [5, 5.41) is 12.5. The zero-order chi connectivity index (χ0) is 26.4. The van der Waals surface area contributed by atoms with Crippen molar-refractivity contribution in [1.82, 2.24) is 9.88 Å². The van der Waals surface area contributed by atoms with Crippen molar-refractivity contribution in [3.8, 4) is 16.9 Å². The van der Waals surface area contributed by atoms with E-state index < -0.39 is 0 Å². The van der Waals surface area contributed by atoms with E-state index in [1.165, 1.54) is 0 Å². The molecule has 1 aromatic heterocycles. The number of hydrogen-bond donors (Lipinski definition) is 2. The fraction of sp³-hybridized carbons (Fsp3) is 0.484. The van der Waals surface area contributed by atoms with Gasteiger partial charge in [-0.05, 0) is 70.4 Å². The van der Waals surface area contributed by atoms with Gasteiger partial charge in [-0.2, -0.15) is 12.6 Å². The molecule has 1 spiro atoms. The minimum absolute atomic E-state index is 0.00892. The molecule has 1 saturated carbocycles. The maximum atomic E-state index is 16.8. The van der Waals surface area contributed by atoms with Gasteiger partial charge in [-0.1, -0.05) is 38.1 Å². The van der Waals surface area contributed by atoms with Crippen LogP contribution in [0.3, 0.4) is 0 Å². The summed E-state index contributed by atoms with van der Waals surface area (Å²) in [5.41, 5.74) is 3.58. The van der Waals surface area contributed by atoms with E-state index in [1.54, 1.807) is 12.1 Å². The highest BCUT2D eigenvalue weighted by atomic mass is 32.1. The van der Waals surface area contributed by atoms with Crippen LogP contribution < -0.4 is 4.90 Å². The third-order valence-electron chi connectivity index (χ3n) is 10.1. The largest absolute Gasteiger partial charge is 0.508 e. The summed E-state index contributed by atoms with van der Waals surface area (Å²) in [6.45, 7) is 7.52. The lowest BCUT2D eigenvalue weighted by molar-refractivity contribution is -0.141. The molecular weight excluding hydrogens is 497 g/mol. The Balaban J connectivity index is 1.33. The van der Waals surface area contributed by atoms with Gasteiger partial charge in [0.25, 0.3) is 0 Å². The van der Waals surface area contributed by atoms with Crippen LogP contribution in [0.2, 0.25) is 0 Å². The van der Waals surface area contributed by atoms with Crippen molar-refractivity contribution >= 4 is 35.1 Å². The van der Waals surface area contributed by atoms with Crippen molar-refractivity contribution in [2.24, 2.45) is 16.7 Å². The Morgan fingerprint density at radius 1 is 1.21 bits per heavy atom. The third kappa shape index (κ3) is 3.43. The van der Waals surface area contributed by atoms with Crippen LogP contribution in [0.1, 0.15) is 50.3 Å². The number of likely N-dealkylation sites (tertiary alicyclic amines) is 1. The summed E-state index contributed by atoms with van der Waals surface area (Å²) in [4.78, 5) is 21.5. The molecule has 5 nitrogen and oxygen atoms in total. The van der Waals surface area contributed by atoms with E-state index in [0.717, 1.165) is 66.5 Å². The summed E-state index contributed by atoms with van der Waals surface area (Å²) < 4.78 is 16.8. The second kappa shape index (κ2) is 8.35. The molecule has 198 valence electrons. The predicted molar refractivity (Wildman–Crippen MR) is 151 cm³/mol. The number of amides is 1. The summed E-state index contributed by atoms with van der Waals surface area (Å²) in [6, 6.07) is 11.4. The van der Waals surface area contributed by atoms with Gasteiger partial charge >= 0.3 is 0 Å². The average Bonchev–Trinajstić information content (AvgIpc) is 3.32. The first-order chi connectivity index (χ1) is 18.2. The number of hydrogen-bond acceptors (Lipinski definition) is 5. The van der Waals surface area contributed by atoms with Gasteiger partial charge in [-0.15, -0.1) is 0 Å². The van der Waals surface area contributed by atoms with Crippen LogP contribution >= 0.6 is 12.6 Å². The number of rotatable bonds is 4. The van der Waals surface area contributed by atoms with E-state index in [1.807, 2.05) is 29.2 Å². The fourth-order valence-corrected chi connectivity index (χ4v) is 7.92. The molecule has 38 heavy (non-hydrogen) atoms. The van der Waals surface area contributed by atoms with Crippen molar-refractivity contribution in [2.45, 2.75) is 45.4 Å². The van der Waals surface area contributed by atoms with E-state index in [-0.39, 0.29) is 28.3 Å². The number of phenolic OH excluding ortho intramolecular Hbond substituents is 1. The monoisotopic (exact) mass is 531 g/mol. The van der Waals surface area contributed by atoms with E-state index in [0.29, 0.717) is 41.9 Å². The van der Waals surface area contributed by atoms with Gasteiger partial charge < -0.3 is 14.9 Å². The SMILES string of the molecule is CC1(C)[C@H]2Cc3c(nc(N4CCC5(CN(C(=O)CCS)C5)C4)c(F)c3-c3cc(O)cc4ccccc34)[C@@H]1C2. The van der Waals surface area contributed by atoms with Crippen LogP contribution in [0, 0.1) is 22.6 Å². The van der Waals surface area contributed by atoms with Crippen molar-refractivity contribution in [3.05, 3.63) is 53.5 Å². The molecule has 2 bridgehead atoms. The fourth-order valence-electron chi connectivity index (χ4n) is 7.73. The number of aromatic nitrogens is 1. The zero-order valence-electron chi connectivity index (χ0n) is 22.0. The van der Waals surface area contributed by atoms with Crippen LogP contribution in [0.5, 0.6) is 5.75 Å². The van der Waals surface area contributed by atoms with E-state index in [2.05, 4.69) is 31.4 Å². The minimum Gasteiger partial charge on any atom is -0.508 e. The molecule has 3 aliphatic carbocycles. The molecule has 3 heterocycles. The Kier molecular flexibility index (Phi) is 5.33. The first kappa shape index (κ1) is 24.3. The number of nitrogens with zero attached hydrogens (tertiary/aromatic N) is 3. The second-order valence-corrected chi connectivity index (χ2v) is 13.1. The van der Waals surface area contributed by atoms with Gasteiger partial charge in [0.15, 0.2) is 11.6 Å². The van der Waals surface area contributed by atoms with Crippen LogP contribution in [0.25, 0.3) is 21.9 Å². The summed E-state index contributed by atoms with van der Waals surface area (Å²) in [6.07, 6.45) is 3.31. The molecule has 1 amide bonds. The molecule has 2 aliphatic heterocycles. The number of anilines is 1. The Bertz CT molecular complexity index is 1480. The number of aromatic hydroxyl groups is 1. The number of halogens is 1. The first-order valence-electron chi connectivity index (χ1n) is 13.8. The van der Waals surface area contributed by atoms with Gasteiger partial charge in [0, 0.05) is 49.5 Å². The predicted octanol–water partition coefficient (Wildman–Crippen LogP) is 5.79. The van der Waals surface area contributed by atoms with Crippen molar-refractivity contribution in [2.75, 3.05) is 36.8 Å². The van der Waals surface area contributed by atoms with Crippen molar-refractivity contribution in [1.29, 1.82) is 0 Å². The molecule has 2 aromatic carbocycles. The standard InChI is InChI=1S/C31H34FN3O2S/c1-30(2)19-12-23-26(22-14-20(36)11-18-5-3-4-6-21(18)22)27(32)29(33-28(23)24(30)13-19)34-9-8-31(15-34)16-35(17-31)25(37)7-10-38/h3-6,11,14,19,24,36,38H,7-10,12-13,15-17H2,1-2H3/t19-,24-/m0/s1. The molecule has 3 fully saturated rings. The molecule has 3 aromatic rings. The van der Waals surface area contributed by atoms with Crippen molar-refractivity contribution < 1.29 is 14.3 Å². The summed E-state index contributed by atoms with van der Waals surface area (Å²) >= 11 is 4.20. The highest BCUT2D eigenvalue weighted by Gasteiger charge is 2.55. The number of benzene rings is 2. The number of pyridine rings is 1. The third-order valence-corrected chi connectivity index (χ3v) is 10.3. The van der Waals surface area contributed by atoms with E-state index in [4.69, 9.17) is 4.98 Å². The van der Waals surface area contributed by atoms with Crippen LogP contribution in [-0.4, -0.2) is 52.8 Å². The minimum atomic E-state index is -0.280. The Morgan fingerprint density at radius 3 is 2.76 bits per heavy atom. The molecular formula is C31H34FN3O2S. The molecule has 2 atom stereocenters. The maximum absolute atomic E-state index is 16.8. The van der Waals surface area contributed by atoms with Crippen molar-refractivity contribution in [3.63, 3.8) is 0 Å². The molecule has 0 radical (unpaired) electrons. The Labute approximate surface area is 228 Å². The molecule has 5 aliphatic rings. The number of fused-ring (bicyclic) bond motifs is 1. The lowest BCUT2D eigenvalue weighted by atomic mass is 9.48. The number of carbonyl (C=O) groups excluding carboxylic acids is 1. The second-order valence-electron chi connectivity index (χ2n) is 12.6. The molecule has 7 heteroatoms. The van der Waals surface area contributed by atoms with Crippen LogP contribution in [0.15, 0.2) is 36.4 Å². The summed E-state index contributed by atoms with van der Waals surface area (Å²) in [7, 11) is 0. The number of phenols is 1. The van der Waals surface area contributed by atoms with Crippen LogP contribution in [0.4, 0.5) is 10.2 Å². The van der Waals surface area contributed by atoms with Gasteiger partial charge in [0.05, 0.1) is 5.69 Å². The summed E-state index contributed by atoms with van der Waals surface area (Å²) in [5.74, 6) is 1.84. The quantitative estimate of drug-likeness (QED) is 0.419. The smallest absolute Gasteiger partial charge is 0.223 e. The molecule has 2 saturated heterocycles. The lowest BCUT2D eigenvalue weighted by Crippen LogP contribution is -2.59. The van der Waals surface area contributed by atoms with Gasteiger partial charge in [-0.25, -0.2) is 9.37 Å². The first-order valence-corrected chi connectivity index (χ1v) is 14.4. The highest BCUT2D eigenvalue weighted by Crippen LogP contribution is 2.63. The van der Waals surface area contributed by atoms with E-state index in [9.17, 15) is 9.90 Å². The average molecular weight is 532 g/mol. The number of carbonyl (C=O) groups is 1. The normalized spacial score (nSPS) is 24.3. The number of thiol groups is 1. The zero-order valence-corrected chi connectivity index (χ0v) is 22.9. The van der Waals surface area contributed by atoms with Gasteiger partial charge in [0.2, 0.25) is 5.91 Å². The van der Waals surface area contributed by atoms with E-state index >= 15 is 4.39 Å². The lowest BCUT2D eigenvalue weighted by Gasteiger charge is -2.57. The van der Waals surface area contributed by atoms with Crippen LogP contribution in [-0.2, 0) is 11.2 Å². The van der Waals surface area contributed by atoms with Gasteiger partial charge in [0.1, 0.15) is 5.75 Å².